The van der Waals surface area contributed by atoms with E-state index in [1.54, 1.807) is 25.4 Å². The van der Waals surface area contributed by atoms with E-state index in [9.17, 15) is 37.5 Å². The molecule has 3 saturated heterocycles. The van der Waals surface area contributed by atoms with Crippen molar-refractivity contribution in [1.82, 2.24) is 25.0 Å². The van der Waals surface area contributed by atoms with Crippen LogP contribution in [0.1, 0.15) is 36.5 Å². The number of imide groups is 1. The van der Waals surface area contributed by atoms with Gasteiger partial charge in [-0.3, -0.25) is 34.3 Å². The fraction of sp³-hybridized carbons (Fsp3) is 0.463. The van der Waals surface area contributed by atoms with Crippen molar-refractivity contribution in [2.75, 3.05) is 94.2 Å². The average molecular weight is 820 g/mol. The van der Waals surface area contributed by atoms with E-state index in [1.807, 2.05) is 24.3 Å². The van der Waals surface area contributed by atoms with E-state index in [-0.39, 0.29) is 30.3 Å². The van der Waals surface area contributed by atoms with Crippen molar-refractivity contribution >= 4 is 40.8 Å². The van der Waals surface area contributed by atoms with E-state index in [0.717, 1.165) is 94.6 Å². The second-order valence-electron chi connectivity index (χ2n) is 15.2. The van der Waals surface area contributed by atoms with E-state index in [2.05, 4.69) is 35.2 Å². The Hall–Kier alpha value is -5.77. The van der Waals surface area contributed by atoms with Gasteiger partial charge in [-0.15, -0.1) is 0 Å². The number of piperazine rings is 2. The third-order valence-electron chi connectivity index (χ3n) is 11.0. The topological polar surface area (TPSA) is 175 Å². The lowest BCUT2D eigenvalue weighted by Crippen LogP contribution is -2.53. The maximum atomic E-state index is 13.3. The second kappa shape index (κ2) is 18.4. The number of halogens is 3. The van der Waals surface area contributed by atoms with Crippen LogP contribution in [0.5, 0.6) is 5.75 Å². The molecule has 59 heavy (non-hydrogen) atoms. The molecule has 3 fully saturated rings. The quantitative estimate of drug-likeness (QED) is 0.216. The van der Waals surface area contributed by atoms with Crippen molar-refractivity contribution < 1.29 is 42.2 Å². The first-order valence-corrected chi connectivity index (χ1v) is 19.5. The number of aromatic nitrogens is 1. The normalized spacial score (nSPS) is 19.0. The molecule has 3 aliphatic rings. The van der Waals surface area contributed by atoms with Crippen LogP contribution in [0.25, 0.3) is 0 Å². The van der Waals surface area contributed by atoms with Crippen molar-refractivity contribution in [3.63, 3.8) is 0 Å². The molecular formula is C41H48F3N9O6. The molecule has 4 heterocycles. The Morgan fingerprint density at radius 1 is 0.966 bits per heavy atom. The smallest absolute Gasteiger partial charge is 0.417 e. The number of nitrogens with one attached hydrogen (secondary N) is 2. The minimum atomic E-state index is -4.79. The number of hydrogen-bond acceptors (Lipinski definition) is 12. The van der Waals surface area contributed by atoms with Gasteiger partial charge in [-0.2, -0.15) is 18.4 Å². The highest BCUT2D eigenvalue weighted by atomic mass is 19.4. The van der Waals surface area contributed by atoms with Crippen LogP contribution in [0.2, 0.25) is 0 Å². The predicted molar refractivity (Wildman–Crippen MR) is 212 cm³/mol. The van der Waals surface area contributed by atoms with Gasteiger partial charge in [0.15, 0.2) is 5.60 Å². The van der Waals surface area contributed by atoms with E-state index < -0.39 is 47.4 Å². The van der Waals surface area contributed by atoms with Crippen molar-refractivity contribution in [2.24, 2.45) is 0 Å². The van der Waals surface area contributed by atoms with Crippen LogP contribution >= 0.6 is 0 Å². The maximum absolute atomic E-state index is 13.3. The number of nitriles is 1. The van der Waals surface area contributed by atoms with Gasteiger partial charge in [0.2, 0.25) is 17.7 Å². The summed E-state index contributed by atoms with van der Waals surface area (Å²) in [5.74, 6) is -0.651. The van der Waals surface area contributed by atoms with E-state index >= 15 is 0 Å². The summed E-state index contributed by atoms with van der Waals surface area (Å²) < 4.78 is 45.7. The molecule has 0 spiro atoms. The Labute approximate surface area is 340 Å². The highest BCUT2D eigenvalue weighted by molar-refractivity contribution is 6.01. The Bertz CT molecular complexity index is 2030. The Morgan fingerprint density at radius 2 is 1.61 bits per heavy atom. The van der Waals surface area contributed by atoms with Crippen LogP contribution < -0.4 is 25.2 Å². The number of piperidine rings is 1. The van der Waals surface area contributed by atoms with Crippen LogP contribution in [0.4, 0.5) is 30.4 Å². The predicted octanol–water partition coefficient (Wildman–Crippen LogP) is 2.49. The number of ether oxygens (including phenoxy) is 1. The van der Waals surface area contributed by atoms with Gasteiger partial charge < -0.3 is 29.9 Å². The van der Waals surface area contributed by atoms with Crippen molar-refractivity contribution in [1.29, 1.82) is 5.26 Å². The van der Waals surface area contributed by atoms with Crippen molar-refractivity contribution in [3.05, 3.63) is 77.5 Å². The van der Waals surface area contributed by atoms with E-state index in [4.69, 9.17) is 10.00 Å². The number of hydrogen-bond donors (Lipinski definition) is 3. The number of carbonyl (C=O) groups excluding carboxylic acids is 4. The molecule has 15 nitrogen and oxygen atoms in total. The zero-order chi connectivity index (χ0) is 42.3. The Balaban J connectivity index is 0.875. The van der Waals surface area contributed by atoms with Crippen LogP contribution in [-0.4, -0.2) is 139 Å². The molecule has 1 unspecified atom stereocenters. The Morgan fingerprint density at radius 3 is 2.19 bits per heavy atom. The summed E-state index contributed by atoms with van der Waals surface area (Å²) in [4.78, 5) is 64.6. The summed E-state index contributed by atoms with van der Waals surface area (Å²) >= 11 is 0. The molecule has 3 N–H and O–H groups in total. The number of likely N-dealkylation sites (N-methyl/N-ethyl adjacent to an activating group) is 1. The third kappa shape index (κ3) is 11.0. The molecule has 0 aliphatic carbocycles. The lowest BCUT2D eigenvalue weighted by atomic mass is 10.0. The molecule has 0 saturated carbocycles. The Kier molecular flexibility index (Phi) is 13.4. The molecule has 6 rings (SSSR count). The van der Waals surface area contributed by atoms with Gasteiger partial charge in [0.05, 0.1) is 23.6 Å². The van der Waals surface area contributed by atoms with Crippen molar-refractivity contribution in [3.8, 4) is 11.8 Å². The van der Waals surface area contributed by atoms with Crippen LogP contribution in [0.3, 0.4) is 0 Å². The van der Waals surface area contributed by atoms with Gasteiger partial charge in [0, 0.05) is 96.5 Å². The molecule has 4 amide bonds. The number of nitrogens with zero attached hydrogens (tertiary/aromatic N) is 7. The molecule has 0 radical (unpaired) electrons. The fourth-order valence-electron chi connectivity index (χ4n) is 7.21. The minimum absolute atomic E-state index is 0.119. The summed E-state index contributed by atoms with van der Waals surface area (Å²) in [5, 5.41) is 24.3. The average Bonchev–Trinajstić information content (AvgIpc) is 3.22. The molecule has 2 aromatic carbocycles. The van der Waals surface area contributed by atoms with E-state index in [1.165, 1.54) is 17.9 Å². The van der Waals surface area contributed by atoms with Crippen LogP contribution in [0.15, 0.2) is 60.8 Å². The maximum Gasteiger partial charge on any atom is 0.417 e. The molecule has 3 aromatic rings. The van der Waals surface area contributed by atoms with Gasteiger partial charge in [-0.1, -0.05) is 6.07 Å². The van der Waals surface area contributed by atoms with Gasteiger partial charge >= 0.3 is 6.18 Å². The lowest BCUT2D eigenvalue weighted by Gasteiger charge is -2.39. The summed E-state index contributed by atoms with van der Waals surface area (Å²) in [5.41, 5.74) is -2.28. The first-order valence-electron chi connectivity index (χ1n) is 19.5. The summed E-state index contributed by atoms with van der Waals surface area (Å²) in [6.07, 6.45) is -2.43. The van der Waals surface area contributed by atoms with E-state index in [0.29, 0.717) is 18.2 Å². The van der Waals surface area contributed by atoms with Crippen LogP contribution in [0, 0.1) is 11.3 Å². The zero-order valence-electron chi connectivity index (χ0n) is 33.0. The standard InChI is InChI=1S/C41H48F3N9O6/c1-40(58,39(57)47-30-5-4-29(25-45)33(24-30)41(42,43)44)27-59-32-8-6-31(7-9-32)52-19-15-50(16-20-52)13-14-51-17-21-53(22-18-51)35-11-3-28(26-46-35)23-37(55)49(2)34-10-12-36(54)48-38(34)56/h3-9,11,24,26,34,58H,10,12-23,27H2,1-2H3,(H,47,57)(H,48,54,56)/t34?,40-/m0/s1. The molecule has 18 heteroatoms. The van der Waals surface area contributed by atoms with Gasteiger partial charge in [0.25, 0.3) is 5.91 Å². The zero-order valence-corrected chi connectivity index (χ0v) is 33.0. The minimum Gasteiger partial charge on any atom is -0.490 e. The fourth-order valence-corrected chi connectivity index (χ4v) is 7.21. The SMILES string of the molecule is CN(C(=O)Cc1ccc(N2CCN(CCN3CCN(c4ccc(OC[C@](C)(O)C(=O)Nc5ccc(C#N)c(C(F)(F)F)c5)cc4)CC3)CC2)nc1)C1CCC(=O)NC1=O. The van der Waals surface area contributed by atoms with Crippen molar-refractivity contribution in [2.45, 2.75) is 44.0 Å². The molecule has 1 aromatic heterocycles. The first-order chi connectivity index (χ1) is 28.1. The molecular weight excluding hydrogens is 772 g/mol. The number of amides is 4. The number of anilines is 3. The summed E-state index contributed by atoms with van der Waals surface area (Å²) in [6, 6.07) is 14.7. The molecule has 314 valence electrons. The lowest BCUT2D eigenvalue weighted by molar-refractivity contribution is -0.144. The number of aliphatic hydroxyl groups is 1. The summed E-state index contributed by atoms with van der Waals surface area (Å²) in [6.45, 7) is 9.66. The number of carbonyl (C=O) groups is 4. The molecule has 2 atom stereocenters. The number of benzene rings is 2. The largest absolute Gasteiger partial charge is 0.490 e. The monoisotopic (exact) mass is 819 g/mol. The number of pyridine rings is 1. The highest BCUT2D eigenvalue weighted by Gasteiger charge is 2.36. The first kappa shape index (κ1) is 42.8. The molecule has 0 bridgehead atoms. The highest BCUT2D eigenvalue weighted by Crippen LogP contribution is 2.34. The van der Waals surface area contributed by atoms with Crippen LogP contribution in [-0.2, 0) is 31.8 Å². The third-order valence-corrected chi connectivity index (χ3v) is 11.0. The summed E-state index contributed by atoms with van der Waals surface area (Å²) in [7, 11) is 1.59. The number of alkyl halides is 3. The van der Waals surface area contributed by atoms with Gasteiger partial charge in [0.1, 0.15) is 24.2 Å². The number of rotatable bonds is 13. The molecule has 3 aliphatic heterocycles. The van der Waals surface area contributed by atoms with Gasteiger partial charge in [-0.25, -0.2) is 4.98 Å². The van der Waals surface area contributed by atoms with Gasteiger partial charge in [-0.05, 0) is 67.4 Å². The second-order valence-corrected chi connectivity index (χ2v) is 15.2.